The molecule has 0 amide bonds. The van der Waals surface area contributed by atoms with E-state index in [1.807, 2.05) is 13.8 Å². The van der Waals surface area contributed by atoms with Crippen LogP contribution in [-0.2, 0) is 16.4 Å². The first-order chi connectivity index (χ1) is 19.3. The number of rotatable bonds is 10. The number of aromatic nitrogens is 7. The molecule has 40 heavy (non-hydrogen) atoms. The normalized spacial score (nSPS) is 16.3. The minimum Gasteiger partial charge on any atom is -0.361 e. The van der Waals surface area contributed by atoms with E-state index in [0.29, 0.717) is 28.8 Å². The lowest BCUT2D eigenvalue weighted by Crippen LogP contribution is -2.28. The Morgan fingerprint density at radius 2 is 1.68 bits per heavy atom. The molecule has 1 atom stereocenters. The van der Waals surface area contributed by atoms with E-state index in [1.54, 1.807) is 30.1 Å². The minimum absolute atomic E-state index is 0.0152. The van der Waals surface area contributed by atoms with E-state index in [1.165, 1.54) is 12.3 Å². The average Bonchev–Trinajstić information content (AvgIpc) is 3.89. The van der Waals surface area contributed by atoms with Crippen LogP contribution in [0, 0.1) is 0 Å². The van der Waals surface area contributed by atoms with Gasteiger partial charge in [0.05, 0.1) is 28.9 Å². The summed E-state index contributed by atoms with van der Waals surface area (Å²) in [6.45, 7) is 5.85. The largest absolute Gasteiger partial charge is 0.361 e. The Morgan fingerprint density at radius 3 is 2.25 bits per heavy atom. The monoisotopic (exact) mass is 560 g/mol. The fraction of sp³-hybridized carbons (Fsp3) is 0.464. The third-order valence-electron chi connectivity index (χ3n) is 7.68. The summed E-state index contributed by atoms with van der Waals surface area (Å²) in [5.74, 6) is 1.51. The number of pyridine rings is 1. The first-order valence-corrected chi connectivity index (χ1v) is 15.5. The van der Waals surface area contributed by atoms with Gasteiger partial charge in [0.2, 0.25) is 0 Å². The fourth-order valence-electron chi connectivity index (χ4n) is 4.84. The predicted octanol–water partition coefficient (Wildman–Crippen LogP) is 4.17. The summed E-state index contributed by atoms with van der Waals surface area (Å²) in [5.41, 5.74) is 4.36. The second-order valence-corrected chi connectivity index (χ2v) is 12.8. The molecule has 0 aliphatic heterocycles. The highest BCUT2D eigenvalue weighted by molar-refractivity contribution is 7.91. The highest BCUT2D eigenvalue weighted by Gasteiger charge is 2.35. The topological polar surface area (TPSA) is 146 Å². The van der Waals surface area contributed by atoms with E-state index in [9.17, 15) is 13.2 Å². The number of anilines is 1. The molecular weight excluding hydrogens is 528 g/mol. The molecule has 4 aromatic heterocycles. The maximum atomic E-state index is 13.7. The fourth-order valence-corrected chi connectivity index (χ4v) is 5.62. The highest BCUT2D eigenvalue weighted by Crippen LogP contribution is 2.48. The van der Waals surface area contributed by atoms with E-state index < -0.39 is 9.84 Å². The maximum Gasteiger partial charge on any atom is 0.295 e. The van der Waals surface area contributed by atoms with Crippen LogP contribution in [0.25, 0.3) is 22.6 Å². The second kappa shape index (κ2) is 10.3. The first kappa shape index (κ1) is 26.4. The lowest BCUT2D eigenvalue weighted by atomic mass is 10.0. The molecule has 12 heteroatoms. The Kier molecular flexibility index (Phi) is 6.81. The van der Waals surface area contributed by atoms with Crippen LogP contribution in [-0.4, -0.2) is 48.6 Å². The van der Waals surface area contributed by atoms with Crippen molar-refractivity contribution in [1.82, 2.24) is 34.5 Å². The summed E-state index contributed by atoms with van der Waals surface area (Å²) in [4.78, 5) is 41.3. The number of nitrogens with one attached hydrogen (secondary N) is 1. The van der Waals surface area contributed by atoms with Gasteiger partial charge in [0, 0.05) is 30.6 Å². The Hall–Kier alpha value is -3.80. The van der Waals surface area contributed by atoms with Crippen LogP contribution in [0.1, 0.15) is 87.7 Å². The lowest BCUT2D eigenvalue weighted by molar-refractivity contribution is 0.526. The van der Waals surface area contributed by atoms with Crippen molar-refractivity contribution in [1.29, 1.82) is 0 Å². The summed E-state index contributed by atoms with van der Waals surface area (Å²) in [6.07, 6.45) is 9.95. The van der Waals surface area contributed by atoms with Crippen molar-refractivity contribution < 1.29 is 8.42 Å². The first-order valence-electron chi connectivity index (χ1n) is 13.9. The highest BCUT2D eigenvalue weighted by atomic mass is 32.2. The summed E-state index contributed by atoms with van der Waals surface area (Å²) >= 11 is 0. The molecule has 0 bridgehead atoms. The van der Waals surface area contributed by atoms with Crippen molar-refractivity contribution in [3.05, 3.63) is 58.2 Å². The third-order valence-corrected chi connectivity index (χ3v) is 9.32. The van der Waals surface area contributed by atoms with Crippen molar-refractivity contribution in [3.63, 3.8) is 0 Å². The number of nitrogens with zero attached hydrogens (tertiary/aromatic N) is 7. The summed E-state index contributed by atoms with van der Waals surface area (Å²) in [6, 6.07) is 3.04. The number of fused-ring (bicyclic) bond motifs is 1. The van der Waals surface area contributed by atoms with Gasteiger partial charge in [-0.3, -0.25) is 9.36 Å². The number of hydrogen-bond acceptors (Lipinski definition) is 10. The molecule has 2 fully saturated rings. The van der Waals surface area contributed by atoms with Gasteiger partial charge >= 0.3 is 0 Å². The number of sulfone groups is 1. The van der Waals surface area contributed by atoms with Gasteiger partial charge in [0.1, 0.15) is 11.8 Å². The van der Waals surface area contributed by atoms with E-state index in [4.69, 9.17) is 9.97 Å². The van der Waals surface area contributed by atoms with Crippen molar-refractivity contribution in [3.8, 4) is 11.4 Å². The van der Waals surface area contributed by atoms with E-state index in [0.717, 1.165) is 54.6 Å². The number of hydrogen-bond donors (Lipinski definition) is 1. The Bertz CT molecular complexity index is 1720. The standard InChI is InChI=1S/C28H32N8O3S/c1-4-16(3)36-27-20(34-26(28(36)37)30-13-17-6-11-21(29-12-17)40(38,39)5-2)14-31-25(35-27)22-23(18-7-8-18)32-15-33-24(22)19-9-10-19/h6,11-12,14-16,18-19H,4-5,7-10,13H2,1-3H3,(H,30,34)/t16-/m1/s1. The molecule has 4 heterocycles. The summed E-state index contributed by atoms with van der Waals surface area (Å²) < 4.78 is 25.8. The average molecular weight is 561 g/mol. The second-order valence-electron chi connectivity index (χ2n) is 10.6. The van der Waals surface area contributed by atoms with Crippen molar-refractivity contribution in [2.75, 3.05) is 11.1 Å². The van der Waals surface area contributed by atoms with Crippen molar-refractivity contribution in [2.24, 2.45) is 0 Å². The zero-order chi connectivity index (χ0) is 28.0. The van der Waals surface area contributed by atoms with Gasteiger partial charge in [-0.05, 0) is 50.7 Å². The van der Waals surface area contributed by atoms with Crippen LogP contribution in [0.4, 0.5) is 5.82 Å². The zero-order valence-corrected chi connectivity index (χ0v) is 23.6. The molecule has 11 nitrogen and oxygen atoms in total. The van der Waals surface area contributed by atoms with Crippen LogP contribution in [0.3, 0.4) is 0 Å². The van der Waals surface area contributed by atoms with Crippen LogP contribution in [0.2, 0.25) is 0 Å². The van der Waals surface area contributed by atoms with E-state index >= 15 is 0 Å². The predicted molar refractivity (Wildman–Crippen MR) is 151 cm³/mol. The lowest BCUT2D eigenvalue weighted by Gasteiger charge is -2.18. The van der Waals surface area contributed by atoms with E-state index in [2.05, 4.69) is 25.3 Å². The minimum atomic E-state index is -3.38. The van der Waals surface area contributed by atoms with Crippen LogP contribution < -0.4 is 10.9 Å². The molecule has 1 N–H and O–H groups in total. The Labute approximate surface area is 232 Å². The molecule has 4 aromatic rings. The molecule has 0 spiro atoms. The van der Waals surface area contributed by atoms with Gasteiger partial charge in [0.25, 0.3) is 5.56 Å². The Morgan fingerprint density at radius 1 is 0.975 bits per heavy atom. The van der Waals surface area contributed by atoms with Gasteiger partial charge in [-0.15, -0.1) is 0 Å². The van der Waals surface area contributed by atoms with Crippen molar-refractivity contribution in [2.45, 2.75) is 82.3 Å². The van der Waals surface area contributed by atoms with Crippen LogP contribution in [0.15, 0.2) is 40.7 Å². The smallest absolute Gasteiger partial charge is 0.295 e. The SMILES string of the molecule is CC[C@@H](C)n1c(=O)c(NCc2ccc(S(=O)(=O)CC)nc2)nc2cnc(-c3c(C4CC4)ncnc3C3CC3)nc21. The molecule has 6 rings (SSSR count). The maximum absolute atomic E-state index is 13.7. The molecule has 2 aliphatic carbocycles. The van der Waals surface area contributed by atoms with Gasteiger partial charge < -0.3 is 5.32 Å². The molecule has 2 saturated carbocycles. The summed E-state index contributed by atoms with van der Waals surface area (Å²) in [5, 5.41) is 3.15. The van der Waals surface area contributed by atoms with Gasteiger partial charge in [-0.2, -0.15) is 0 Å². The summed E-state index contributed by atoms with van der Waals surface area (Å²) in [7, 11) is -3.38. The van der Waals surface area contributed by atoms with Gasteiger partial charge in [-0.1, -0.05) is 19.9 Å². The molecule has 0 saturated heterocycles. The molecule has 2 aliphatic rings. The molecule has 0 unspecified atom stereocenters. The zero-order valence-electron chi connectivity index (χ0n) is 22.8. The molecule has 208 valence electrons. The molecular formula is C28H32N8O3S. The van der Waals surface area contributed by atoms with Crippen LogP contribution in [0.5, 0.6) is 0 Å². The molecule has 0 aromatic carbocycles. The Balaban J connectivity index is 1.38. The van der Waals surface area contributed by atoms with E-state index in [-0.39, 0.29) is 34.7 Å². The quantitative estimate of drug-likeness (QED) is 0.300. The van der Waals surface area contributed by atoms with Gasteiger partial charge in [-0.25, -0.2) is 38.3 Å². The van der Waals surface area contributed by atoms with Gasteiger partial charge in [0.15, 0.2) is 32.2 Å². The molecule has 0 radical (unpaired) electrons. The van der Waals surface area contributed by atoms with Crippen LogP contribution >= 0.6 is 0 Å². The third kappa shape index (κ3) is 4.96. The van der Waals surface area contributed by atoms with Crippen molar-refractivity contribution >= 4 is 26.8 Å².